The molecule has 2 unspecified atom stereocenters. The molecule has 1 aliphatic rings. The summed E-state index contributed by atoms with van der Waals surface area (Å²) < 4.78 is 0.272. The third-order valence-electron chi connectivity index (χ3n) is 3.38. The first-order valence-electron chi connectivity index (χ1n) is 5.31. The van der Waals surface area contributed by atoms with Crippen molar-refractivity contribution in [3.05, 3.63) is 29.3 Å². The van der Waals surface area contributed by atoms with Crippen LogP contribution in [-0.4, -0.2) is 11.3 Å². The van der Waals surface area contributed by atoms with E-state index in [0.717, 1.165) is 17.5 Å². The van der Waals surface area contributed by atoms with Crippen molar-refractivity contribution in [2.75, 3.05) is 6.54 Å². The Labute approximate surface area is 100 Å². The average molecular weight is 242 g/mol. The monoisotopic (exact) mass is 241 g/mol. The van der Waals surface area contributed by atoms with E-state index in [4.69, 9.17) is 17.3 Å². The lowest BCUT2D eigenvalue weighted by molar-refractivity contribution is 0.245. The van der Waals surface area contributed by atoms with Crippen molar-refractivity contribution < 1.29 is 0 Å². The maximum Gasteiger partial charge on any atom is 0.0406 e. The van der Waals surface area contributed by atoms with E-state index in [9.17, 15) is 0 Å². The third kappa shape index (κ3) is 2.17. The first-order valence-corrected chi connectivity index (χ1v) is 6.50. The molecule has 1 nitrogen and oxygen atoms in total. The van der Waals surface area contributed by atoms with Gasteiger partial charge in [0.25, 0.3) is 0 Å². The molecule has 0 radical (unpaired) electrons. The molecule has 1 aromatic rings. The van der Waals surface area contributed by atoms with Crippen molar-refractivity contribution in [1.29, 1.82) is 0 Å². The molecule has 0 spiro atoms. The van der Waals surface area contributed by atoms with Gasteiger partial charge in [-0.1, -0.05) is 18.5 Å². The summed E-state index contributed by atoms with van der Waals surface area (Å²) in [4.78, 5) is 1.27. The van der Waals surface area contributed by atoms with Gasteiger partial charge in [-0.05, 0) is 43.0 Å². The number of nitrogens with two attached hydrogens (primary N) is 1. The van der Waals surface area contributed by atoms with Crippen LogP contribution in [0.2, 0.25) is 5.02 Å². The molecule has 0 aromatic heterocycles. The Hall–Kier alpha value is -0.180. The van der Waals surface area contributed by atoms with Crippen molar-refractivity contribution in [1.82, 2.24) is 0 Å². The van der Waals surface area contributed by atoms with Gasteiger partial charge in [-0.3, -0.25) is 0 Å². The Balaban J connectivity index is 2.10. The summed E-state index contributed by atoms with van der Waals surface area (Å²) in [7, 11) is 0. The number of thioether (sulfide) groups is 1. The normalized spacial score (nSPS) is 29.9. The van der Waals surface area contributed by atoms with Crippen molar-refractivity contribution in [3.63, 3.8) is 0 Å². The van der Waals surface area contributed by atoms with Crippen LogP contribution in [0, 0.1) is 5.92 Å². The van der Waals surface area contributed by atoms with Crippen LogP contribution in [0.25, 0.3) is 0 Å². The van der Waals surface area contributed by atoms with Gasteiger partial charge in [0.05, 0.1) is 0 Å². The highest BCUT2D eigenvalue weighted by molar-refractivity contribution is 8.00. The molecule has 0 aliphatic heterocycles. The molecule has 0 amide bonds. The maximum atomic E-state index is 5.89. The fourth-order valence-corrected chi connectivity index (χ4v) is 3.48. The predicted molar refractivity (Wildman–Crippen MR) is 67.5 cm³/mol. The predicted octanol–water partition coefficient (Wildman–Crippen LogP) is 3.56. The van der Waals surface area contributed by atoms with Crippen molar-refractivity contribution in [3.8, 4) is 0 Å². The smallest absolute Gasteiger partial charge is 0.0406 e. The minimum atomic E-state index is 0.272. The lowest BCUT2D eigenvalue weighted by Crippen LogP contribution is -2.48. The van der Waals surface area contributed by atoms with Crippen molar-refractivity contribution in [2.24, 2.45) is 11.7 Å². The van der Waals surface area contributed by atoms with Gasteiger partial charge in [0.15, 0.2) is 0 Å². The fourth-order valence-electron chi connectivity index (χ4n) is 1.99. The first-order chi connectivity index (χ1) is 7.16. The summed E-state index contributed by atoms with van der Waals surface area (Å²) >= 11 is 7.77. The Bertz CT molecular complexity index is 334. The number of benzene rings is 1. The number of rotatable bonds is 3. The van der Waals surface area contributed by atoms with E-state index in [1.54, 1.807) is 0 Å². The average Bonchev–Trinajstić information content (AvgIpc) is 2.26. The van der Waals surface area contributed by atoms with Gasteiger partial charge in [-0.25, -0.2) is 0 Å². The molecule has 2 rings (SSSR count). The molecule has 2 atom stereocenters. The van der Waals surface area contributed by atoms with Crippen LogP contribution in [0.15, 0.2) is 29.2 Å². The van der Waals surface area contributed by atoms with E-state index in [2.05, 4.69) is 19.1 Å². The van der Waals surface area contributed by atoms with E-state index in [1.165, 1.54) is 17.7 Å². The summed E-state index contributed by atoms with van der Waals surface area (Å²) in [6.45, 7) is 3.06. The molecule has 0 saturated heterocycles. The summed E-state index contributed by atoms with van der Waals surface area (Å²) in [6, 6.07) is 8.04. The van der Waals surface area contributed by atoms with Crippen LogP contribution in [0.5, 0.6) is 0 Å². The molecule has 1 aromatic carbocycles. The molecule has 2 N–H and O–H groups in total. The zero-order valence-corrected chi connectivity index (χ0v) is 10.4. The quantitative estimate of drug-likeness (QED) is 0.876. The van der Waals surface area contributed by atoms with Crippen LogP contribution in [0.4, 0.5) is 0 Å². The fraction of sp³-hybridized carbons (Fsp3) is 0.500. The molecule has 1 fully saturated rings. The standard InChI is InChI=1S/C12H16ClNS/c1-9-6-7-12(9,8-14)15-11-4-2-10(13)3-5-11/h2-5,9H,6-8,14H2,1H3. The van der Waals surface area contributed by atoms with Gasteiger partial charge in [0.1, 0.15) is 0 Å². The van der Waals surface area contributed by atoms with E-state index in [-0.39, 0.29) is 4.75 Å². The van der Waals surface area contributed by atoms with Crippen LogP contribution in [0.1, 0.15) is 19.8 Å². The summed E-state index contributed by atoms with van der Waals surface area (Å²) in [5.74, 6) is 0.725. The highest BCUT2D eigenvalue weighted by Crippen LogP contribution is 2.50. The third-order valence-corrected chi connectivity index (χ3v) is 5.32. The topological polar surface area (TPSA) is 26.0 Å². The molecule has 3 heteroatoms. The molecule has 15 heavy (non-hydrogen) atoms. The van der Waals surface area contributed by atoms with Crippen LogP contribution >= 0.6 is 23.4 Å². The van der Waals surface area contributed by atoms with Gasteiger partial charge < -0.3 is 5.73 Å². The molecular weight excluding hydrogens is 226 g/mol. The van der Waals surface area contributed by atoms with Crippen LogP contribution in [0.3, 0.4) is 0 Å². The van der Waals surface area contributed by atoms with E-state index in [0.29, 0.717) is 0 Å². The molecule has 0 bridgehead atoms. The molecular formula is C12H16ClNS. The lowest BCUT2D eigenvalue weighted by Gasteiger charge is -2.47. The lowest BCUT2D eigenvalue weighted by atomic mass is 9.74. The largest absolute Gasteiger partial charge is 0.329 e. The summed E-state index contributed by atoms with van der Waals surface area (Å²) in [6.07, 6.45) is 2.54. The van der Waals surface area contributed by atoms with Crippen LogP contribution in [-0.2, 0) is 0 Å². The minimum absolute atomic E-state index is 0.272. The Morgan fingerprint density at radius 2 is 2.13 bits per heavy atom. The molecule has 0 heterocycles. The highest BCUT2D eigenvalue weighted by atomic mass is 35.5. The number of hydrogen-bond donors (Lipinski definition) is 1. The first kappa shape index (κ1) is 11.3. The van der Waals surface area contributed by atoms with Gasteiger partial charge in [-0.2, -0.15) is 0 Å². The Morgan fingerprint density at radius 1 is 1.47 bits per heavy atom. The zero-order valence-electron chi connectivity index (χ0n) is 8.87. The van der Waals surface area contributed by atoms with E-state index < -0.39 is 0 Å². The van der Waals surface area contributed by atoms with Gasteiger partial charge in [0.2, 0.25) is 0 Å². The van der Waals surface area contributed by atoms with Gasteiger partial charge in [-0.15, -0.1) is 11.8 Å². The van der Waals surface area contributed by atoms with Gasteiger partial charge in [0, 0.05) is 21.2 Å². The Kier molecular flexibility index (Phi) is 3.29. The molecule has 82 valence electrons. The molecule has 1 saturated carbocycles. The summed E-state index contributed by atoms with van der Waals surface area (Å²) in [5, 5.41) is 0.794. The second kappa shape index (κ2) is 4.36. The van der Waals surface area contributed by atoms with Crippen molar-refractivity contribution >= 4 is 23.4 Å². The number of hydrogen-bond acceptors (Lipinski definition) is 2. The van der Waals surface area contributed by atoms with Crippen LogP contribution < -0.4 is 5.73 Å². The van der Waals surface area contributed by atoms with E-state index >= 15 is 0 Å². The SMILES string of the molecule is CC1CCC1(CN)Sc1ccc(Cl)cc1. The Morgan fingerprint density at radius 3 is 2.53 bits per heavy atom. The highest BCUT2D eigenvalue weighted by Gasteiger charge is 2.43. The molecule has 1 aliphatic carbocycles. The maximum absolute atomic E-state index is 5.89. The minimum Gasteiger partial charge on any atom is -0.329 e. The van der Waals surface area contributed by atoms with E-state index in [1.807, 2.05) is 23.9 Å². The summed E-state index contributed by atoms with van der Waals surface area (Å²) in [5.41, 5.74) is 5.89. The second-order valence-electron chi connectivity index (χ2n) is 4.26. The van der Waals surface area contributed by atoms with Crippen molar-refractivity contribution in [2.45, 2.75) is 29.4 Å². The number of halogens is 1. The zero-order chi connectivity index (χ0) is 10.9. The van der Waals surface area contributed by atoms with Gasteiger partial charge >= 0.3 is 0 Å². The second-order valence-corrected chi connectivity index (χ2v) is 6.19.